The monoisotopic (exact) mass is 291 g/mol. The number of unbranched alkanes of at least 4 members (excludes halogenated alkanes) is 1. The molecule has 1 rings (SSSR count). The molecule has 0 radical (unpaired) electrons. The van der Waals surface area contributed by atoms with Gasteiger partial charge in [-0.3, -0.25) is 0 Å². The molecule has 0 aliphatic carbocycles. The summed E-state index contributed by atoms with van der Waals surface area (Å²) in [6.07, 6.45) is 1.66. The van der Waals surface area contributed by atoms with Crippen molar-refractivity contribution in [3.63, 3.8) is 0 Å². The summed E-state index contributed by atoms with van der Waals surface area (Å²) in [5.74, 6) is 0. The molecule has 0 amide bonds. The highest BCUT2D eigenvalue weighted by Gasteiger charge is 2.23. The maximum absolute atomic E-state index is 12.3. The number of aliphatic hydroxyl groups is 1. The molecule has 0 spiro atoms. The first-order valence-electron chi connectivity index (χ1n) is 5.89. The second kappa shape index (κ2) is 7.09. The molecule has 102 valence electrons. The molecule has 0 bridgehead atoms. The lowest BCUT2D eigenvalue weighted by molar-refractivity contribution is 0.252. The van der Waals surface area contributed by atoms with Gasteiger partial charge in [-0.2, -0.15) is 4.31 Å². The van der Waals surface area contributed by atoms with Crippen molar-refractivity contribution in [2.45, 2.75) is 24.7 Å². The van der Waals surface area contributed by atoms with Crippen LogP contribution in [0.25, 0.3) is 0 Å². The van der Waals surface area contributed by atoms with E-state index in [4.69, 9.17) is 16.7 Å². The molecule has 0 unspecified atom stereocenters. The molecular formula is C12H18ClNO3S. The fraction of sp³-hybridized carbons (Fsp3) is 0.500. The lowest BCUT2D eigenvalue weighted by Gasteiger charge is -2.21. The van der Waals surface area contributed by atoms with Crippen LogP contribution < -0.4 is 0 Å². The predicted molar refractivity (Wildman–Crippen MR) is 72.2 cm³/mol. The van der Waals surface area contributed by atoms with Gasteiger partial charge >= 0.3 is 0 Å². The Hall–Kier alpha value is -0.620. The average molecular weight is 292 g/mol. The lowest BCUT2D eigenvalue weighted by Crippen LogP contribution is -2.34. The average Bonchev–Trinajstić information content (AvgIpc) is 2.34. The van der Waals surface area contributed by atoms with Crippen molar-refractivity contribution in [3.8, 4) is 0 Å². The first-order chi connectivity index (χ1) is 8.52. The Morgan fingerprint density at radius 2 is 2.06 bits per heavy atom. The molecule has 1 aromatic rings. The van der Waals surface area contributed by atoms with Crippen LogP contribution in [-0.4, -0.2) is 37.5 Å². The molecule has 0 aromatic heterocycles. The standard InChI is InChI=1S/C12H18ClNO3S/c1-2-3-7-14(8-9-15)18(16,17)12-6-4-5-11(13)10-12/h4-6,10,15H,2-3,7-9H2,1H3. The van der Waals surface area contributed by atoms with Gasteiger partial charge in [0, 0.05) is 18.1 Å². The molecule has 1 aromatic carbocycles. The van der Waals surface area contributed by atoms with Gasteiger partial charge in [0.05, 0.1) is 11.5 Å². The van der Waals surface area contributed by atoms with E-state index in [-0.39, 0.29) is 18.0 Å². The maximum Gasteiger partial charge on any atom is 0.243 e. The lowest BCUT2D eigenvalue weighted by atomic mass is 10.3. The van der Waals surface area contributed by atoms with E-state index in [9.17, 15) is 8.42 Å². The highest BCUT2D eigenvalue weighted by Crippen LogP contribution is 2.19. The van der Waals surface area contributed by atoms with E-state index in [1.54, 1.807) is 12.1 Å². The van der Waals surface area contributed by atoms with E-state index in [1.165, 1.54) is 16.4 Å². The second-order valence-corrected chi connectivity index (χ2v) is 6.31. The summed E-state index contributed by atoms with van der Waals surface area (Å²) in [5, 5.41) is 9.35. The number of nitrogens with zero attached hydrogens (tertiary/aromatic N) is 1. The summed E-state index contributed by atoms with van der Waals surface area (Å²) < 4.78 is 26.0. The molecule has 0 saturated carbocycles. The van der Waals surface area contributed by atoms with Crippen molar-refractivity contribution in [2.24, 2.45) is 0 Å². The number of hydrogen-bond acceptors (Lipinski definition) is 3. The van der Waals surface area contributed by atoms with Crippen LogP contribution in [0.4, 0.5) is 0 Å². The summed E-state index contributed by atoms with van der Waals surface area (Å²) in [4.78, 5) is 0.166. The summed E-state index contributed by atoms with van der Waals surface area (Å²) in [6, 6.07) is 6.17. The van der Waals surface area contributed by atoms with Crippen LogP contribution in [0.15, 0.2) is 29.2 Å². The minimum Gasteiger partial charge on any atom is -0.395 e. The van der Waals surface area contributed by atoms with Gasteiger partial charge in [0.1, 0.15) is 0 Å². The van der Waals surface area contributed by atoms with Crippen LogP contribution in [-0.2, 0) is 10.0 Å². The number of halogens is 1. The Kier molecular flexibility index (Phi) is 6.08. The molecule has 0 atom stereocenters. The van der Waals surface area contributed by atoms with Crippen LogP contribution in [0.3, 0.4) is 0 Å². The van der Waals surface area contributed by atoms with Crippen molar-refractivity contribution in [3.05, 3.63) is 29.3 Å². The van der Waals surface area contributed by atoms with Gasteiger partial charge in [-0.1, -0.05) is 31.0 Å². The van der Waals surface area contributed by atoms with Crippen LogP contribution in [0.5, 0.6) is 0 Å². The fourth-order valence-electron chi connectivity index (χ4n) is 1.57. The van der Waals surface area contributed by atoms with Crippen molar-refractivity contribution in [1.82, 2.24) is 4.31 Å². The zero-order valence-corrected chi connectivity index (χ0v) is 11.9. The third-order valence-corrected chi connectivity index (χ3v) is 4.67. The van der Waals surface area contributed by atoms with Crippen LogP contribution in [0, 0.1) is 0 Å². The topological polar surface area (TPSA) is 57.6 Å². The van der Waals surface area contributed by atoms with Crippen LogP contribution in [0.1, 0.15) is 19.8 Å². The van der Waals surface area contributed by atoms with Gasteiger partial charge in [-0.15, -0.1) is 0 Å². The van der Waals surface area contributed by atoms with E-state index >= 15 is 0 Å². The van der Waals surface area contributed by atoms with E-state index in [2.05, 4.69) is 0 Å². The molecule has 0 aliphatic rings. The molecule has 0 heterocycles. The zero-order valence-electron chi connectivity index (χ0n) is 10.3. The molecule has 0 aliphatic heterocycles. The third kappa shape index (κ3) is 3.95. The number of aliphatic hydroxyl groups excluding tert-OH is 1. The molecule has 4 nitrogen and oxygen atoms in total. The molecule has 1 N–H and O–H groups in total. The van der Waals surface area contributed by atoms with Crippen molar-refractivity contribution in [2.75, 3.05) is 19.7 Å². The normalized spacial score (nSPS) is 12.0. The number of rotatable bonds is 7. The van der Waals surface area contributed by atoms with E-state index in [0.29, 0.717) is 11.6 Å². The summed E-state index contributed by atoms with van der Waals surface area (Å²) >= 11 is 5.80. The maximum atomic E-state index is 12.3. The Balaban J connectivity index is 3.00. The van der Waals surface area contributed by atoms with Crippen LogP contribution >= 0.6 is 11.6 Å². The molecular weight excluding hydrogens is 274 g/mol. The predicted octanol–water partition coefficient (Wildman–Crippen LogP) is 2.12. The quantitative estimate of drug-likeness (QED) is 0.837. The minimum atomic E-state index is -3.57. The Morgan fingerprint density at radius 3 is 2.61 bits per heavy atom. The van der Waals surface area contributed by atoms with Gasteiger partial charge in [-0.25, -0.2) is 8.42 Å². The number of benzene rings is 1. The van der Waals surface area contributed by atoms with E-state index < -0.39 is 10.0 Å². The highest BCUT2D eigenvalue weighted by atomic mass is 35.5. The van der Waals surface area contributed by atoms with Gasteiger partial charge in [0.15, 0.2) is 0 Å². The highest BCUT2D eigenvalue weighted by molar-refractivity contribution is 7.89. The molecule has 0 saturated heterocycles. The van der Waals surface area contributed by atoms with Crippen molar-refractivity contribution in [1.29, 1.82) is 0 Å². The van der Waals surface area contributed by atoms with Gasteiger partial charge in [0.25, 0.3) is 0 Å². The Labute approximate surface area is 113 Å². The third-order valence-electron chi connectivity index (χ3n) is 2.54. The Morgan fingerprint density at radius 1 is 1.33 bits per heavy atom. The van der Waals surface area contributed by atoms with Crippen molar-refractivity contribution < 1.29 is 13.5 Å². The van der Waals surface area contributed by atoms with E-state index in [1.807, 2.05) is 6.92 Å². The zero-order chi connectivity index (χ0) is 13.6. The van der Waals surface area contributed by atoms with Crippen molar-refractivity contribution >= 4 is 21.6 Å². The second-order valence-electron chi connectivity index (χ2n) is 3.94. The van der Waals surface area contributed by atoms with Gasteiger partial charge < -0.3 is 5.11 Å². The largest absolute Gasteiger partial charge is 0.395 e. The smallest absolute Gasteiger partial charge is 0.243 e. The molecule has 0 fully saturated rings. The first-order valence-corrected chi connectivity index (χ1v) is 7.70. The number of hydrogen-bond donors (Lipinski definition) is 1. The summed E-state index contributed by atoms with van der Waals surface area (Å²) in [6.45, 7) is 2.31. The van der Waals surface area contributed by atoms with Crippen LogP contribution in [0.2, 0.25) is 5.02 Å². The summed E-state index contributed by atoms with van der Waals surface area (Å²) in [5.41, 5.74) is 0. The Bertz CT molecular complexity index is 476. The SMILES string of the molecule is CCCCN(CCO)S(=O)(=O)c1cccc(Cl)c1. The summed E-state index contributed by atoms with van der Waals surface area (Å²) in [7, 11) is -3.57. The molecule has 18 heavy (non-hydrogen) atoms. The molecule has 6 heteroatoms. The van der Waals surface area contributed by atoms with E-state index in [0.717, 1.165) is 12.8 Å². The van der Waals surface area contributed by atoms with Gasteiger partial charge in [-0.05, 0) is 24.6 Å². The minimum absolute atomic E-state index is 0.106. The van der Waals surface area contributed by atoms with Gasteiger partial charge in [0.2, 0.25) is 10.0 Å². The first kappa shape index (κ1) is 15.4. The number of sulfonamides is 1. The fourth-order valence-corrected chi connectivity index (χ4v) is 3.35.